The molecule has 3 aromatic rings. The van der Waals surface area contributed by atoms with Crippen LogP contribution in [0.3, 0.4) is 0 Å². The van der Waals surface area contributed by atoms with Gasteiger partial charge in [-0.3, -0.25) is 9.59 Å². The summed E-state index contributed by atoms with van der Waals surface area (Å²) in [6.45, 7) is 5.31. The van der Waals surface area contributed by atoms with Crippen LogP contribution in [-0.4, -0.2) is 31.2 Å². The first kappa shape index (κ1) is 24.8. The SMILES string of the molecule is CNS(=O)(=O)c1cc(-c2nn([C@H](C)C(=O)Nc3cccc(C)c3)c(=O)c3c2CCCC3)ccc1C. The van der Waals surface area contributed by atoms with Crippen LogP contribution < -0.4 is 15.6 Å². The lowest BCUT2D eigenvalue weighted by Crippen LogP contribution is -2.37. The van der Waals surface area contributed by atoms with E-state index in [0.717, 1.165) is 24.0 Å². The van der Waals surface area contributed by atoms with Crippen molar-refractivity contribution in [2.45, 2.75) is 57.4 Å². The van der Waals surface area contributed by atoms with Crippen LogP contribution in [0.1, 0.15) is 48.1 Å². The molecule has 1 aliphatic rings. The molecule has 0 bridgehead atoms. The summed E-state index contributed by atoms with van der Waals surface area (Å²) in [5, 5.41) is 7.51. The Kier molecular flexibility index (Phi) is 6.91. The summed E-state index contributed by atoms with van der Waals surface area (Å²) in [7, 11) is -2.31. The second-order valence-electron chi connectivity index (χ2n) is 8.99. The molecule has 0 fully saturated rings. The normalized spacial score (nSPS) is 14.3. The van der Waals surface area contributed by atoms with Gasteiger partial charge in [0.2, 0.25) is 15.9 Å². The van der Waals surface area contributed by atoms with Crippen LogP contribution in [0.4, 0.5) is 5.69 Å². The number of nitrogens with zero attached hydrogens (tertiary/aromatic N) is 2. The average Bonchev–Trinajstić information content (AvgIpc) is 2.84. The molecule has 2 N–H and O–H groups in total. The van der Waals surface area contributed by atoms with Gasteiger partial charge in [0.15, 0.2) is 0 Å². The molecule has 0 saturated carbocycles. The molecule has 1 aliphatic carbocycles. The summed E-state index contributed by atoms with van der Waals surface area (Å²) in [5.41, 5.74) is 4.61. The smallest absolute Gasteiger partial charge is 0.271 e. The van der Waals surface area contributed by atoms with E-state index in [1.54, 1.807) is 32.0 Å². The first-order valence-corrected chi connectivity index (χ1v) is 13.2. The van der Waals surface area contributed by atoms with E-state index in [-0.39, 0.29) is 16.4 Å². The number of benzene rings is 2. The Morgan fingerprint density at radius 2 is 1.77 bits per heavy atom. The number of amides is 1. The van der Waals surface area contributed by atoms with E-state index in [9.17, 15) is 18.0 Å². The molecule has 0 spiro atoms. The Morgan fingerprint density at radius 1 is 1.06 bits per heavy atom. The van der Waals surface area contributed by atoms with E-state index in [2.05, 4.69) is 15.1 Å². The fourth-order valence-electron chi connectivity index (χ4n) is 4.48. The Labute approximate surface area is 205 Å². The lowest BCUT2D eigenvalue weighted by Gasteiger charge is -2.23. The number of hydrogen-bond donors (Lipinski definition) is 2. The first-order chi connectivity index (χ1) is 16.6. The van der Waals surface area contributed by atoms with Crippen LogP contribution in [0.15, 0.2) is 52.2 Å². The molecule has 1 aromatic heterocycles. The Bertz CT molecular complexity index is 1460. The minimum atomic E-state index is -3.68. The van der Waals surface area contributed by atoms with Crippen molar-refractivity contribution in [2.75, 3.05) is 12.4 Å². The summed E-state index contributed by atoms with van der Waals surface area (Å²) in [5.74, 6) is -0.353. The Hall–Kier alpha value is -3.30. The number of hydrogen-bond acceptors (Lipinski definition) is 5. The van der Waals surface area contributed by atoms with Crippen molar-refractivity contribution in [3.8, 4) is 11.3 Å². The van der Waals surface area contributed by atoms with E-state index in [1.807, 2.05) is 31.2 Å². The van der Waals surface area contributed by atoms with Crippen molar-refractivity contribution in [2.24, 2.45) is 0 Å². The third kappa shape index (κ3) is 4.92. The predicted octanol–water partition coefficient (Wildman–Crippen LogP) is 3.51. The second kappa shape index (κ2) is 9.75. The van der Waals surface area contributed by atoms with Crippen LogP contribution in [0.5, 0.6) is 0 Å². The van der Waals surface area contributed by atoms with Gasteiger partial charge in [0.1, 0.15) is 6.04 Å². The molecule has 1 heterocycles. The minimum Gasteiger partial charge on any atom is -0.324 e. The molecule has 184 valence electrons. The van der Waals surface area contributed by atoms with Crippen molar-refractivity contribution in [1.82, 2.24) is 14.5 Å². The van der Waals surface area contributed by atoms with Crippen molar-refractivity contribution < 1.29 is 13.2 Å². The molecular weight excluding hydrogens is 464 g/mol. The molecule has 4 rings (SSSR count). The minimum absolute atomic E-state index is 0.159. The molecule has 8 nitrogen and oxygen atoms in total. The predicted molar refractivity (Wildman–Crippen MR) is 136 cm³/mol. The van der Waals surface area contributed by atoms with E-state index in [4.69, 9.17) is 0 Å². The van der Waals surface area contributed by atoms with E-state index in [0.29, 0.717) is 40.9 Å². The maximum absolute atomic E-state index is 13.4. The second-order valence-corrected chi connectivity index (χ2v) is 10.8. The maximum atomic E-state index is 13.4. The average molecular weight is 495 g/mol. The number of fused-ring (bicyclic) bond motifs is 1. The molecule has 35 heavy (non-hydrogen) atoms. The lowest BCUT2D eigenvalue weighted by atomic mass is 9.89. The zero-order valence-electron chi connectivity index (χ0n) is 20.4. The van der Waals surface area contributed by atoms with Gasteiger partial charge < -0.3 is 5.32 Å². The summed E-state index contributed by atoms with van der Waals surface area (Å²) in [4.78, 5) is 26.6. The van der Waals surface area contributed by atoms with Gasteiger partial charge in [-0.05, 0) is 88.4 Å². The van der Waals surface area contributed by atoms with Crippen LogP contribution >= 0.6 is 0 Å². The molecule has 0 saturated heterocycles. The third-order valence-electron chi connectivity index (χ3n) is 6.48. The van der Waals surface area contributed by atoms with Crippen LogP contribution in [0, 0.1) is 13.8 Å². The number of carbonyl (C=O) groups is 1. The fourth-order valence-corrected chi connectivity index (χ4v) is 5.47. The Morgan fingerprint density at radius 3 is 2.46 bits per heavy atom. The van der Waals surface area contributed by atoms with Gasteiger partial charge in [-0.15, -0.1) is 0 Å². The number of anilines is 1. The molecule has 0 radical (unpaired) electrons. The highest BCUT2D eigenvalue weighted by atomic mass is 32.2. The van der Waals surface area contributed by atoms with E-state index < -0.39 is 16.1 Å². The van der Waals surface area contributed by atoms with Crippen LogP contribution in [0.25, 0.3) is 11.3 Å². The van der Waals surface area contributed by atoms with Crippen LogP contribution in [-0.2, 0) is 27.7 Å². The number of aryl methyl sites for hydroxylation is 2. The molecule has 0 aliphatic heterocycles. The number of rotatable bonds is 6. The molecule has 1 atom stereocenters. The highest BCUT2D eigenvalue weighted by Crippen LogP contribution is 2.31. The van der Waals surface area contributed by atoms with Gasteiger partial charge in [-0.1, -0.05) is 24.3 Å². The van der Waals surface area contributed by atoms with Crippen molar-refractivity contribution in [3.63, 3.8) is 0 Å². The van der Waals surface area contributed by atoms with Crippen molar-refractivity contribution in [1.29, 1.82) is 0 Å². The maximum Gasteiger partial charge on any atom is 0.271 e. The van der Waals surface area contributed by atoms with Crippen molar-refractivity contribution in [3.05, 3.63) is 75.1 Å². The van der Waals surface area contributed by atoms with Crippen LogP contribution in [0.2, 0.25) is 0 Å². The summed E-state index contributed by atoms with van der Waals surface area (Å²) in [6, 6.07) is 11.7. The molecule has 0 unspecified atom stereocenters. The van der Waals surface area contributed by atoms with E-state index >= 15 is 0 Å². The van der Waals surface area contributed by atoms with E-state index in [1.165, 1.54) is 11.7 Å². The lowest BCUT2D eigenvalue weighted by molar-refractivity contribution is -0.119. The highest BCUT2D eigenvalue weighted by Gasteiger charge is 2.26. The summed E-state index contributed by atoms with van der Waals surface area (Å²) in [6.07, 6.45) is 3.08. The first-order valence-electron chi connectivity index (χ1n) is 11.7. The molecule has 1 amide bonds. The molecular formula is C26H30N4O4S. The standard InChI is InChI=1S/C26H30N4O4S/c1-16-8-7-9-20(14-16)28-25(31)18(3)30-26(32)22-11-6-5-10-21(22)24(29-30)19-13-12-17(2)23(15-19)35(33,34)27-4/h7-9,12-15,18,27H,5-6,10-11H2,1-4H3,(H,28,31)/t18-/m1/s1. The number of nitrogens with one attached hydrogen (secondary N) is 2. The Balaban J connectivity index is 1.82. The third-order valence-corrected chi connectivity index (χ3v) is 8.04. The fraction of sp³-hybridized carbons (Fsp3) is 0.346. The molecule has 2 aromatic carbocycles. The van der Waals surface area contributed by atoms with Gasteiger partial charge in [-0.25, -0.2) is 17.8 Å². The summed E-state index contributed by atoms with van der Waals surface area (Å²) < 4.78 is 28.7. The largest absolute Gasteiger partial charge is 0.324 e. The van der Waals surface area contributed by atoms with Gasteiger partial charge in [0.25, 0.3) is 5.56 Å². The monoisotopic (exact) mass is 494 g/mol. The number of sulfonamides is 1. The topological polar surface area (TPSA) is 110 Å². The van der Waals surface area contributed by atoms with Gasteiger partial charge >= 0.3 is 0 Å². The number of carbonyl (C=O) groups excluding carboxylic acids is 1. The van der Waals surface area contributed by atoms with Gasteiger partial charge in [-0.2, -0.15) is 5.10 Å². The zero-order valence-corrected chi connectivity index (χ0v) is 21.2. The van der Waals surface area contributed by atoms with Gasteiger partial charge in [0.05, 0.1) is 10.6 Å². The number of aromatic nitrogens is 2. The summed E-state index contributed by atoms with van der Waals surface area (Å²) >= 11 is 0. The zero-order chi connectivity index (χ0) is 25.3. The van der Waals surface area contributed by atoms with Gasteiger partial charge in [0, 0.05) is 16.8 Å². The highest BCUT2D eigenvalue weighted by molar-refractivity contribution is 7.89. The quantitative estimate of drug-likeness (QED) is 0.545. The van der Waals surface area contributed by atoms with Crippen molar-refractivity contribution >= 4 is 21.6 Å². The molecule has 9 heteroatoms.